The highest BCUT2D eigenvalue weighted by Crippen LogP contribution is 2.26. The molecule has 2 aliphatic rings. The van der Waals surface area contributed by atoms with Crippen LogP contribution in [0.15, 0.2) is 0 Å². The van der Waals surface area contributed by atoms with Crippen LogP contribution < -0.4 is 0 Å². The first-order valence-corrected chi connectivity index (χ1v) is 7.95. The monoisotopic (exact) mass is 242 g/mol. The summed E-state index contributed by atoms with van der Waals surface area (Å²) in [7, 11) is 0. The van der Waals surface area contributed by atoms with Crippen LogP contribution >= 0.6 is 11.8 Å². The van der Waals surface area contributed by atoms with Crippen molar-refractivity contribution in [2.45, 2.75) is 51.7 Å². The molecule has 2 rings (SSSR count). The van der Waals surface area contributed by atoms with E-state index in [4.69, 9.17) is 0 Å². The van der Waals surface area contributed by atoms with E-state index in [0.29, 0.717) is 0 Å². The van der Waals surface area contributed by atoms with Crippen LogP contribution in [-0.2, 0) is 0 Å². The summed E-state index contributed by atoms with van der Waals surface area (Å²) in [6.45, 7) is 11.0. The Morgan fingerprint density at radius 2 is 2.19 bits per heavy atom. The van der Waals surface area contributed by atoms with Crippen molar-refractivity contribution >= 4 is 11.8 Å². The smallest absolute Gasteiger partial charge is 0.0224 e. The lowest BCUT2D eigenvalue weighted by molar-refractivity contribution is 0.0395. The molecule has 2 fully saturated rings. The molecule has 0 radical (unpaired) electrons. The van der Waals surface area contributed by atoms with Gasteiger partial charge in [-0.25, -0.2) is 0 Å². The molecule has 0 aromatic rings. The molecule has 0 N–H and O–H groups in total. The summed E-state index contributed by atoms with van der Waals surface area (Å²) < 4.78 is 0. The minimum Gasteiger partial charge on any atom is -0.298 e. The lowest BCUT2D eigenvalue weighted by Crippen LogP contribution is -2.57. The van der Waals surface area contributed by atoms with Gasteiger partial charge in [-0.05, 0) is 39.0 Å². The molecule has 2 aliphatic heterocycles. The van der Waals surface area contributed by atoms with E-state index in [1.807, 2.05) is 0 Å². The number of rotatable bonds is 4. The zero-order chi connectivity index (χ0) is 11.5. The standard InChI is InChI=1S/C13H26N2S/c1-4-16-10-12(3)15-9-13-6-5-7-14(13)8-11(15)2/h11-13H,4-10H2,1-3H3. The van der Waals surface area contributed by atoms with Crippen molar-refractivity contribution < 1.29 is 0 Å². The molecule has 3 atom stereocenters. The Hall–Kier alpha value is 0.270. The maximum atomic E-state index is 2.75. The highest BCUT2D eigenvalue weighted by Gasteiger charge is 2.35. The third-order valence-corrected chi connectivity index (χ3v) is 5.24. The normalized spacial score (nSPS) is 33.9. The fourth-order valence-electron chi connectivity index (χ4n) is 3.21. The Bertz CT molecular complexity index is 222. The minimum absolute atomic E-state index is 0.752. The molecule has 2 heterocycles. The van der Waals surface area contributed by atoms with Gasteiger partial charge in [0, 0.05) is 37.0 Å². The van der Waals surface area contributed by atoms with Crippen LogP contribution in [-0.4, -0.2) is 59.1 Å². The summed E-state index contributed by atoms with van der Waals surface area (Å²) in [6, 6.07) is 2.37. The average molecular weight is 242 g/mol. The number of fused-ring (bicyclic) bond motifs is 1. The summed E-state index contributed by atoms with van der Waals surface area (Å²) in [6.07, 6.45) is 2.85. The maximum absolute atomic E-state index is 2.75. The lowest BCUT2D eigenvalue weighted by atomic mass is 10.1. The molecule has 0 aromatic carbocycles. The van der Waals surface area contributed by atoms with Gasteiger partial charge in [0.15, 0.2) is 0 Å². The zero-order valence-corrected chi connectivity index (χ0v) is 11.8. The van der Waals surface area contributed by atoms with Crippen molar-refractivity contribution in [1.29, 1.82) is 0 Å². The number of hydrogen-bond acceptors (Lipinski definition) is 3. The summed E-state index contributed by atoms with van der Waals surface area (Å²) in [4.78, 5) is 5.45. The largest absolute Gasteiger partial charge is 0.298 e. The zero-order valence-electron chi connectivity index (χ0n) is 11.0. The fraction of sp³-hybridized carbons (Fsp3) is 1.00. The van der Waals surface area contributed by atoms with Gasteiger partial charge < -0.3 is 0 Å². The van der Waals surface area contributed by atoms with Crippen molar-refractivity contribution in [1.82, 2.24) is 9.80 Å². The first-order chi connectivity index (χ1) is 7.72. The van der Waals surface area contributed by atoms with Gasteiger partial charge in [0.05, 0.1) is 0 Å². The lowest BCUT2D eigenvalue weighted by Gasteiger charge is -2.45. The predicted octanol–water partition coefficient (Wildman–Crippen LogP) is 2.30. The molecule has 94 valence electrons. The van der Waals surface area contributed by atoms with Gasteiger partial charge in [-0.2, -0.15) is 11.8 Å². The molecule has 0 bridgehead atoms. The molecule has 2 nitrogen and oxygen atoms in total. The first kappa shape index (κ1) is 12.7. The van der Waals surface area contributed by atoms with Crippen molar-refractivity contribution in [3.05, 3.63) is 0 Å². The van der Waals surface area contributed by atoms with Crippen LogP contribution in [0, 0.1) is 0 Å². The molecule has 0 saturated carbocycles. The third kappa shape index (κ3) is 2.74. The first-order valence-electron chi connectivity index (χ1n) is 6.80. The Kier molecular flexibility index (Phi) is 4.57. The Balaban J connectivity index is 1.88. The number of thioether (sulfide) groups is 1. The van der Waals surface area contributed by atoms with Gasteiger partial charge in [0.2, 0.25) is 0 Å². The Morgan fingerprint density at radius 1 is 1.38 bits per heavy atom. The summed E-state index contributed by atoms with van der Waals surface area (Å²) in [5.41, 5.74) is 0. The van der Waals surface area contributed by atoms with Crippen molar-refractivity contribution in [3.63, 3.8) is 0 Å². The number of nitrogens with zero attached hydrogens (tertiary/aromatic N) is 2. The molecular weight excluding hydrogens is 216 g/mol. The van der Waals surface area contributed by atoms with Crippen LogP contribution in [0.25, 0.3) is 0 Å². The van der Waals surface area contributed by atoms with E-state index >= 15 is 0 Å². The van der Waals surface area contributed by atoms with Crippen LogP contribution in [0.3, 0.4) is 0 Å². The molecule has 3 unspecified atom stereocenters. The van der Waals surface area contributed by atoms with Gasteiger partial charge in [-0.1, -0.05) is 6.92 Å². The van der Waals surface area contributed by atoms with E-state index in [0.717, 1.165) is 18.1 Å². The topological polar surface area (TPSA) is 6.48 Å². The van der Waals surface area contributed by atoms with E-state index in [2.05, 4.69) is 42.3 Å². The Morgan fingerprint density at radius 3 is 2.94 bits per heavy atom. The maximum Gasteiger partial charge on any atom is 0.0224 e. The summed E-state index contributed by atoms with van der Waals surface area (Å²) >= 11 is 2.08. The second-order valence-corrected chi connectivity index (χ2v) is 6.66. The summed E-state index contributed by atoms with van der Waals surface area (Å²) in [5, 5.41) is 0. The molecule has 3 heteroatoms. The molecular formula is C13H26N2S. The Labute approximate surface area is 105 Å². The quantitative estimate of drug-likeness (QED) is 0.747. The van der Waals surface area contributed by atoms with E-state index in [1.54, 1.807) is 0 Å². The van der Waals surface area contributed by atoms with Crippen LogP contribution in [0.5, 0.6) is 0 Å². The minimum atomic E-state index is 0.752. The number of piperazine rings is 1. The van der Waals surface area contributed by atoms with Gasteiger partial charge in [-0.15, -0.1) is 0 Å². The van der Waals surface area contributed by atoms with E-state index in [-0.39, 0.29) is 0 Å². The van der Waals surface area contributed by atoms with Gasteiger partial charge in [0.25, 0.3) is 0 Å². The second-order valence-electron chi connectivity index (χ2n) is 5.35. The van der Waals surface area contributed by atoms with Gasteiger partial charge in [-0.3, -0.25) is 9.80 Å². The molecule has 16 heavy (non-hydrogen) atoms. The highest BCUT2D eigenvalue weighted by molar-refractivity contribution is 7.99. The van der Waals surface area contributed by atoms with Crippen molar-refractivity contribution in [3.8, 4) is 0 Å². The third-order valence-electron chi connectivity index (χ3n) is 4.11. The molecule has 0 amide bonds. The van der Waals surface area contributed by atoms with Gasteiger partial charge >= 0.3 is 0 Å². The molecule has 0 aromatic heterocycles. The molecule has 0 aliphatic carbocycles. The second kappa shape index (κ2) is 5.74. The van der Waals surface area contributed by atoms with E-state index in [1.165, 1.54) is 44.0 Å². The summed E-state index contributed by atoms with van der Waals surface area (Å²) in [5.74, 6) is 2.55. The van der Waals surface area contributed by atoms with E-state index < -0.39 is 0 Å². The average Bonchev–Trinajstić information content (AvgIpc) is 2.71. The van der Waals surface area contributed by atoms with Crippen LogP contribution in [0.2, 0.25) is 0 Å². The fourth-order valence-corrected chi connectivity index (χ4v) is 3.98. The SMILES string of the molecule is CCSCC(C)N1CC2CCCN2CC1C. The van der Waals surface area contributed by atoms with Crippen molar-refractivity contribution in [2.24, 2.45) is 0 Å². The van der Waals surface area contributed by atoms with Crippen LogP contribution in [0.1, 0.15) is 33.6 Å². The highest BCUT2D eigenvalue weighted by atomic mass is 32.2. The van der Waals surface area contributed by atoms with Crippen LogP contribution in [0.4, 0.5) is 0 Å². The molecule has 0 spiro atoms. The molecule has 2 saturated heterocycles. The number of hydrogen-bond donors (Lipinski definition) is 0. The predicted molar refractivity (Wildman–Crippen MR) is 73.2 cm³/mol. The van der Waals surface area contributed by atoms with Crippen molar-refractivity contribution in [2.75, 3.05) is 31.1 Å². The van der Waals surface area contributed by atoms with Gasteiger partial charge in [0.1, 0.15) is 0 Å². The van der Waals surface area contributed by atoms with E-state index in [9.17, 15) is 0 Å².